The predicted molar refractivity (Wildman–Crippen MR) is 82.3 cm³/mol. The third kappa shape index (κ3) is 2.98. The molecule has 1 aromatic heterocycles. The standard InChI is InChI=1S/C13H20N2O3S2/c1-4-7(2)15-13-12(20(3,17)18)9(14)11(19-13)10(16)8-5-6-8/h7-8,15H,4-6,14H2,1-3H3. The van der Waals surface area contributed by atoms with Gasteiger partial charge in [0.25, 0.3) is 0 Å². The molecule has 7 heteroatoms. The lowest BCUT2D eigenvalue weighted by atomic mass is 10.2. The Balaban J connectivity index is 2.48. The van der Waals surface area contributed by atoms with Crippen molar-refractivity contribution >= 4 is 37.6 Å². The zero-order valence-electron chi connectivity index (χ0n) is 11.9. The van der Waals surface area contributed by atoms with Gasteiger partial charge in [0.15, 0.2) is 15.6 Å². The van der Waals surface area contributed by atoms with Crippen molar-refractivity contribution in [2.24, 2.45) is 5.92 Å². The van der Waals surface area contributed by atoms with Gasteiger partial charge in [-0.25, -0.2) is 8.42 Å². The Hall–Kier alpha value is -1.08. The molecule has 0 radical (unpaired) electrons. The van der Waals surface area contributed by atoms with E-state index in [9.17, 15) is 13.2 Å². The Kier molecular flexibility index (Phi) is 4.11. The van der Waals surface area contributed by atoms with E-state index in [-0.39, 0.29) is 28.3 Å². The van der Waals surface area contributed by atoms with Gasteiger partial charge in [-0.3, -0.25) is 4.79 Å². The summed E-state index contributed by atoms with van der Waals surface area (Å²) in [4.78, 5) is 12.6. The molecule has 1 aliphatic carbocycles. The number of nitrogens with one attached hydrogen (secondary N) is 1. The van der Waals surface area contributed by atoms with E-state index in [0.717, 1.165) is 25.5 Å². The summed E-state index contributed by atoms with van der Waals surface area (Å²) in [5.41, 5.74) is 6.06. The van der Waals surface area contributed by atoms with E-state index in [1.807, 2.05) is 13.8 Å². The van der Waals surface area contributed by atoms with Crippen molar-refractivity contribution in [1.82, 2.24) is 0 Å². The van der Waals surface area contributed by atoms with Gasteiger partial charge in [0.1, 0.15) is 9.90 Å². The topological polar surface area (TPSA) is 89.3 Å². The molecular formula is C13H20N2O3S2. The molecule has 1 heterocycles. The molecular weight excluding hydrogens is 296 g/mol. The number of thiophene rings is 1. The largest absolute Gasteiger partial charge is 0.396 e. The van der Waals surface area contributed by atoms with Crippen LogP contribution < -0.4 is 11.1 Å². The van der Waals surface area contributed by atoms with E-state index in [4.69, 9.17) is 5.73 Å². The molecule has 1 aromatic rings. The lowest BCUT2D eigenvalue weighted by Gasteiger charge is -2.12. The second-order valence-corrected chi connectivity index (χ2v) is 8.34. The van der Waals surface area contributed by atoms with Crippen LogP contribution in [0.15, 0.2) is 4.90 Å². The number of sulfone groups is 1. The summed E-state index contributed by atoms with van der Waals surface area (Å²) >= 11 is 1.17. The maximum atomic E-state index is 12.2. The molecule has 1 fully saturated rings. The summed E-state index contributed by atoms with van der Waals surface area (Å²) in [7, 11) is -3.47. The van der Waals surface area contributed by atoms with E-state index < -0.39 is 9.84 Å². The second kappa shape index (κ2) is 5.37. The predicted octanol–water partition coefficient (Wildman–Crippen LogP) is 2.54. The number of nitrogens with two attached hydrogens (primary N) is 1. The van der Waals surface area contributed by atoms with Crippen molar-refractivity contribution in [3.63, 3.8) is 0 Å². The van der Waals surface area contributed by atoms with E-state index in [1.54, 1.807) is 0 Å². The molecule has 0 aromatic carbocycles. The SMILES string of the molecule is CCC(C)Nc1sc(C(=O)C2CC2)c(N)c1S(C)(=O)=O. The molecule has 1 unspecified atom stereocenters. The number of carbonyl (C=O) groups excluding carboxylic acids is 1. The van der Waals surface area contributed by atoms with Gasteiger partial charge in [0, 0.05) is 18.2 Å². The first-order chi connectivity index (χ1) is 9.25. The number of nitrogen functional groups attached to an aromatic ring is 1. The number of carbonyl (C=O) groups is 1. The quantitative estimate of drug-likeness (QED) is 0.787. The van der Waals surface area contributed by atoms with Crippen LogP contribution in [0.1, 0.15) is 42.8 Å². The van der Waals surface area contributed by atoms with Gasteiger partial charge in [-0.2, -0.15) is 0 Å². The van der Waals surface area contributed by atoms with Crippen LogP contribution >= 0.6 is 11.3 Å². The van der Waals surface area contributed by atoms with Gasteiger partial charge >= 0.3 is 0 Å². The Bertz CT molecular complexity index is 630. The van der Waals surface area contributed by atoms with Crippen LogP contribution in [0.2, 0.25) is 0 Å². The van der Waals surface area contributed by atoms with Crippen molar-refractivity contribution in [3.8, 4) is 0 Å². The summed E-state index contributed by atoms with van der Waals surface area (Å²) in [6.07, 6.45) is 3.72. The summed E-state index contributed by atoms with van der Waals surface area (Å²) in [5.74, 6) is 0.00871. The highest BCUT2D eigenvalue weighted by Crippen LogP contribution is 2.43. The zero-order chi connectivity index (χ0) is 15.1. The first kappa shape index (κ1) is 15.3. The molecule has 0 bridgehead atoms. The van der Waals surface area contributed by atoms with Gasteiger partial charge in [-0.15, -0.1) is 11.3 Å². The Morgan fingerprint density at radius 1 is 1.50 bits per heavy atom. The third-order valence-corrected chi connectivity index (χ3v) is 5.88. The highest BCUT2D eigenvalue weighted by atomic mass is 32.2. The van der Waals surface area contributed by atoms with Crippen molar-refractivity contribution in [3.05, 3.63) is 4.88 Å². The number of rotatable bonds is 6. The molecule has 0 spiro atoms. The minimum atomic E-state index is -3.47. The lowest BCUT2D eigenvalue weighted by Crippen LogP contribution is -2.14. The van der Waals surface area contributed by atoms with Crippen LogP contribution in [0.5, 0.6) is 0 Å². The van der Waals surface area contributed by atoms with Crippen LogP contribution in [0.4, 0.5) is 10.7 Å². The van der Waals surface area contributed by atoms with E-state index in [1.165, 1.54) is 11.3 Å². The van der Waals surface area contributed by atoms with E-state index in [2.05, 4.69) is 5.32 Å². The summed E-state index contributed by atoms with van der Waals surface area (Å²) in [5, 5.41) is 3.64. The Labute approximate surface area is 123 Å². The van der Waals surface area contributed by atoms with Crippen LogP contribution in [0.3, 0.4) is 0 Å². The zero-order valence-corrected chi connectivity index (χ0v) is 13.5. The van der Waals surface area contributed by atoms with Gasteiger partial charge in [-0.1, -0.05) is 6.92 Å². The number of anilines is 2. The molecule has 1 saturated carbocycles. The van der Waals surface area contributed by atoms with Crippen molar-refractivity contribution in [2.75, 3.05) is 17.3 Å². The van der Waals surface area contributed by atoms with Crippen LogP contribution in [0, 0.1) is 5.92 Å². The third-order valence-electron chi connectivity index (χ3n) is 3.43. The Morgan fingerprint density at radius 2 is 2.10 bits per heavy atom. The number of hydrogen-bond acceptors (Lipinski definition) is 6. The minimum Gasteiger partial charge on any atom is -0.396 e. The molecule has 0 amide bonds. The molecule has 1 aliphatic rings. The minimum absolute atomic E-state index is 0.0189. The summed E-state index contributed by atoms with van der Waals surface area (Å²) in [6.45, 7) is 3.97. The first-order valence-corrected chi connectivity index (χ1v) is 9.39. The highest BCUT2D eigenvalue weighted by molar-refractivity contribution is 7.91. The first-order valence-electron chi connectivity index (χ1n) is 6.68. The second-order valence-electron chi connectivity index (χ2n) is 5.37. The number of hydrogen-bond donors (Lipinski definition) is 2. The van der Waals surface area contributed by atoms with E-state index in [0.29, 0.717) is 9.88 Å². The smallest absolute Gasteiger partial charge is 0.180 e. The molecule has 1 atom stereocenters. The molecule has 112 valence electrons. The van der Waals surface area contributed by atoms with Gasteiger partial charge in [0.05, 0.1) is 10.6 Å². The van der Waals surface area contributed by atoms with Crippen LogP contribution in [0.25, 0.3) is 0 Å². The Morgan fingerprint density at radius 3 is 2.55 bits per heavy atom. The fourth-order valence-electron chi connectivity index (χ4n) is 1.93. The van der Waals surface area contributed by atoms with Gasteiger partial charge < -0.3 is 11.1 Å². The fourth-order valence-corrected chi connectivity index (χ4v) is 4.62. The molecule has 2 rings (SSSR count). The van der Waals surface area contributed by atoms with Crippen LogP contribution in [-0.4, -0.2) is 26.5 Å². The number of ketones is 1. The monoisotopic (exact) mass is 316 g/mol. The number of Topliss-reactive ketones (excluding diaryl/α,β-unsaturated/α-hetero) is 1. The molecule has 0 saturated heterocycles. The van der Waals surface area contributed by atoms with E-state index >= 15 is 0 Å². The fraction of sp³-hybridized carbons (Fsp3) is 0.615. The molecule has 0 aliphatic heterocycles. The molecule has 3 N–H and O–H groups in total. The van der Waals surface area contributed by atoms with Crippen molar-refractivity contribution < 1.29 is 13.2 Å². The van der Waals surface area contributed by atoms with Gasteiger partial charge in [-0.05, 0) is 26.2 Å². The van der Waals surface area contributed by atoms with Crippen molar-refractivity contribution in [2.45, 2.75) is 44.0 Å². The molecule has 20 heavy (non-hydrogen) atoms. The average Bonchev–Trinajstić information content (AvgIpc) is 3.12. The average molecular weight is 316 g/mol. The lowest BCUT2D eigenvalue weighted by molar-refractivity contribution is 0.0972. The van der Waals surface area contributed by atoms with Crippen molar-refractivity contribution in [1.29, 1.82) is 0 Å². The molecule has 5 nitrogen and oxygen atoms in total. The normalized spacial score (nSPS) is 16.9. The summed E-state index contributed by atoms with van der Waals surface area (Å²) in [6, 6.07) is 0.123. The van der Waals surface area contributed by atoms with Crippen LogP contribution in [-0.2, 0) is 9.84 Å². The summed E-state index contributed by atoms with van der Waals surface area (Å²) < 4.78 is 23.9. The maximum absolute atomic E-state index is 12.2. The van der Waals surface area contributed by atoms with Gasteiger partial charge in [0.2, 0.25) is 0 Å². The highest BCUT2D eigenvalue weighted by Gasteiger charge is 2.35. The maximum Gasteiger partial charge on any atom is 0.180 e.